The van der Waals surface area contributed by atoms with Crippen LogP contribution in [0.1, 0.15) is 35.3 Å². The van der Waals surface area contributed by atoms with Gasteiger partial charge in [-0.25, -0.2) is 0 Å². The molecule has 1 unspecified atom stereocenters. The molecular weight excluding hydrogens is 226 g/mol. The highest BCUT2D eigenvalue weighted by molar-refractivity contribution is 5.37. The van der Waals surface area contributed by atoms with Crippen LogP contribution in [0.5, 0.6) is 0 Å². The summed E-state index contributed by atoms with van der Waals surface area (Å²) in [7, 11) is 0. The Morgan fingerprint density at radius 1 is 1.33 bits per heavy atom. The molecule has 2 N–H and O–H groups in total. The molecule has 1 atom stereocenters. The third-order valence-corrected chi connectivity index (χ3v) is 3.32. The summed E-state index contributed by atoms with van der Waals surface area (Å²) in [6.45, 7) is 4.49. The first-order valence-electron chi connectivity index (χ1n) is 6.30. The zero-order valence-corrected chi connectivity index (χ0v) is 10.4. The van der Waals surface area contributed by atoms with Gasteiger partial charge in [0.15, 0.2) is 0 Å². The van der Waals surface area contributed by atoms with Crippen molar-refractivity contribution in [2.24, 2.45) is 0 Å². The second-order valence-electron chi connectivity index (χ2n) is 4.52. The monoisotopic (exact) mass is 243 g/mol. The Labute approximate surface area is 106 Å². The number of aromatic nitrogens is 2. The van der Waals surface area contributed by atoms with E-state index in [1.54, 1.807) is 6.20 Å². The summed E-state index contributed by atoms with van der Waals surface area (Å²) >= 11 is 0. The van der Waals surface area contributed by atoms with Crippen molar-refractivity contribution >= 4 is 0 Å². The first-order valence-corrected chi connectivity index (χ1v) is 6.30. The van der Waals surface area contributed by atoms with E-state index in [1.807, 2.05) is 6.07 Å². The number of H-pyrrole nitrogens is 1. The number of nitrogens with zero attached hydrogens (tertiary/aromatic N) is 1. The van der Waals surface area contributed by atoms with Crippen LogP contribution >= 0.6 is 0 Å². The van der Waals surface area contributed by atoms with Gasteiger partial charge in [-0.1, -0.05) is 25.1 Å². The number of fused-ring (bicyclic) bond motifs is 1. The molecule has 0 saturated carbocycles. The van der Waals surface area contributed by atoms with E-state index in [2.05, 4.69) is 40.6 Å². The lowest BCUT2D eigenvalue weighted by Crippen LogP contribution is -2.22. The molecule has 4 heteroatoms. The van der Waals surface area contributed by atoms with Crippen LogP contribution in [0.2, 0.25) is 0 Å². The van der Waals surface area contributed by atoms with E-state index in [9.17, 15) is 0 Å². The van der Waals surface area contributed by atoms with Crippen LogP contribution in [0.25, 0.3) is 0 Å². The molecule has 94 valence electrons. The molecule has 2 aromatic rings. The highest BCUT2D eigenvalue weighted by atomic mass is 16.5. The second kappa shape index (κ2) is 4.92. The Balaban J connectivity index is 1.95. The molecule has 0 saturated heterocycles. The van der Waals surface area contributed by atoms with Gasteiger partial charge in [-0.3, -0.25) is 5.10 Å². The largest absolute Gasteiger partial charge is 0.372 e. The van der Waals surface area contributed by atoms with Gasteiger partial charge in [0.05, 0.1) is 24.9 Å². The Bertz CT molecular complexity index is 522. The average Bonchev–Trinajstić information content (AvgIpc) is 3.05. The standard InChI is InChI=1S/C14H17N3O/c1-2-15-14(13-5-6-16-17-13)10-3-4-11-8-18-9-12(11)7-10/h3-7,14-15H,2,8-9H2,1H3,(H,16,17). The van der Waals surface area contributed by atoms with Gasteiger partial charge in [0, 0.05) is 6.20 Å². The molecule has 4 nitrogen and oxygen atoms in total. The fourth-order valence-corrected chi connectivity index (χ4v) is 2.41. The van der Waals surface area contributed by atoms with Crippen molar-refractivity contribution in [3.63, 3.8) is 0 Å². The van der Waals surface area contributed by atoms with E-state index in [-0.39, 0.29) is 6.04 Å². The number of hydrogen-bond donors (Lipinski definition) is 2. The molecule has 0 bridgehead atoms. The molecule has 18 heavy (non-hydrogen) atoms. The lowest BCUT2D eigenvalue weighted by atomic mass is 9.99. The number of nitrogens with one attached hydrogen (secondary N) is 2. The minimum absolute atomic E-state index is 0.170. The molecule has 3 rings (SSSR count). The van der Waals surface area contributed by atoms with Gasteiger partial charge in [0.25, 0.3) is 0 Å². The molecular formula is C14H17N3O. The molecule has 0 spiro atoms. The summed E-state index contributed by atoms with van der Waals surface area (Å²) < 4.78 is 5.46. The van der Waals surface area contributed by atoms with Crippen LogP contribution in [0.3, 0.4) is 0 Å². The lowest BCUT2D eigenvalue weighted by molar-refractivity contribution is 0.134. The van der Waals surface area contributed by atoms with Gasteiger partial charge in [-0.05, 0) is 29.3 Å². The zero-order chi connectivity index (χ0) is 12.4. The number of hydrogen-bond acceptors (Lipinski definition) is 3. The summed E-state index contributed by atoms with van der Waals surface area (Å²) in [5.41, 5.74) is 4.95. The number of aromatic amines is 1. The molecule has 1 aromatic carbocycles. The van der Waals surface area contributed by atoms with Crippen molar-refractivity contribution in [1.82, 2.24) is 15.5 Å². The maximum absolute atomic E-state index is 5.46. The van der Waals surface area contributed by atoms with Gasteiger partial charge >= 0.3 is 0 Å². The van der Waals surface area contributed by atoms with Crippen LogP contribution in [-0.4, -0.2) is 16.7 Å². The molecule has 1 aliphatic rings. The Kier molecular flexibility index (Phi) is 3.13. The number of ether oxygens (including phenoxy) is 1. The van der Waals surface area contributed by atoms with E-state index < -0.39 is 0 Å². The number of benzene rings is 1. The molecule has 0 aliphatic carbocycles. The van der Waals surface area contributed by atoms with Gasteiger partial charge in [0.1, 0.15) is 0 Å². The average molecular weight is 243 g/mol. The molecule has 2 heterocycles. The van der Waals surface area contributed by atoms with Gasteiger partial charge in [-0.2, -0.15) is 5.10 Å². The normalized spacial score (nSPS) is 15.6. The Morgan fingerprint density at radius 2 is 2.22 bits per heavy atom. The molecule has 1 aromatic heterocycles. The van der Waals surface area contributed by atoms with Crippen LogP contribution < -0.4 is 5.32 Å². The Morgan fingerprint density at radius 3 is 3.00 bits per heavy atom. The second-order valence-corrected chi connectivity index (χ2v) is 4.52. The molecule has 0 amide bonds. The van der Waals surface area contributed by atoms with Crippen molar-refractivity contribution in [3.05, 3.63) is 52.8 Å². The highest BCUT2D eigenvalue weighted by Gasteiger charge is 2.18. The van der Waals surface area contributed by atoms with Crippen molar-refractivity contribution in [2.45, 2.75) is 26.2 Å². The molecule has 1 aliphatic heterocycles. The van der Waals surface area contributed by atoms with E-state index in [0.717, 1.165) is 25.5 Å². The third kappa shape index (κ3) is 2.05. The predicted octanol–water partition coefficient (Wildman–Crippen LogP) is 2.14. The van der Waals surface area contributed by atoms with E-state index in [0.29, 0.717) is 0 Å². The maximum atomic E-state index is 5.46. The summed E-state index contributed by atoms with van der Waals surface area (Å²) in [5.74, 6) is 0. The lowest BCUT2D eigenvalue weighted by Gasteiger charge is -2.17. The van der Waals surface area contributed by atoms with Crippen LogP contribution in [-0.2, 0) is 18.0 Å². The van der Waals surface area contributed by atoms with Gasteiger partial charge in [0.2, 0.25) is 0 Å². The van der Waals surface area contributed by atoms with E-state index >= 15 is 0 Å². The fourth-order valence-electron chi connectivity index (χ4n) is 2.41. The van der Waals surface area contributed by atoms with Crippen molar-refractivity contribution in [3.8, 4) is 0 Å². The first kappa shape index (κ1) is 11.4. The van der Waals surface area contributed by atoms with Crippen LogP contribution in [0.15, 0.2) is 30.5 Å². The maximum Gasteiger partial charge on any atom is 0.0745 e. The summed E-state index contributed by atoms with van der Waals surface area (Å²) in [6, 6.07) is 8.75. The predicted molar refractivity (Wildman–Crippen MR) is 69.0 cm³/mol. The minimum Gasteiger partial charge on any atom is -0.372 e. The minimum atomic E-state index is 0.170. The van der Waals surface area contributed by atoms with Gasteiger partial charge in [-0.15, -0.1) is 0 Å². The summed E-state index contributed by atoms with van der Waals surface area (Å²) in [5, 5.41) is 10.6. The first-order chi connectivity index (χ1) is 8.88. The third-order valence-electron chi connectivity index (χ3n) is 3.32. The van der Waals surface area contributed by atoms with Crippen molar-refractivity contribution in [1.29, 1.82) is 0 Å². The SMILES string of the molecule is CCNC(c1ccc2c(c1)COC2)c1ccn[nH]1. The van der Waals surface area contributed by atoms with Crippen LogP contribution in [0, 0.1) is 0 Å². The van der Waals surface area contributed by atoms with Crippen molar-refractivity contribution in [2.75, 3.05) is 6.54 Å². The Hall–Kier alpha value is -1.65. The van der Waals surface area contributed by atoms with E-state index in [4.69, 9.17) is 4.74 Å². The van der Waals surface area contributed by atoms with Crippen molar-refractivity contribution < 1.29 is 4.74 Å². The highest BCUT2D eigenvalue weighted by Crippen LogP contribution is 2.26. The number of rotatable bonds is 4. The zero-order valence-electron chi connectivity index (χ0n) is 10.4. The van der Waals surface area contributed by atoms with E-state index in [1.165, 1.54) is 16.7 Å². The topological polar surface area (TPSA) is 49.9 Å². The summed E-state index contributed by atoms with van der Waals surface area (Å²) in [6.07, 6.45) is 1.79. The van der Waals surface area contributed by atoms with Gasteiger partial charge < -0.3 is 10.1 Å². The molecule has 0 radical (unpaired) electrons. The summed E-state index contributed by atoms with van der Waals surface area (Å²) in [4.78, 5) is 0. The molecule has 0 fully saturated rings. The quantitative estimate of drug-likeness (QED) is 0.865. The fraction of sp³-hybridized carbons (Fsp3) is 0.357. The van der Waals surface area contributed by atoms with Crippen LogP contribution in [0.4, 0.5) is 0 Å². The smallest absolute Gasteiger partial charge is 0.0745 e.